The lowest BCUT2D eigenvalue weighted by Gasteiger charge is -2.18. The van der Waals surface area contributed by atoms with Crippen LogP contribution in [-0.2, 0) is 9.47 Å². The van der Waals surface area contributed by atoms with Gasteiger partial charge in [0.15, 0.2) is 11.5 Å². The van der Waals surface area contributed by atoms with Gasteiger partial charge in [-0.3, -0.25) is 4.79 Å². The van der Waals surface area contributed by atoms with E-state index in [9.17, 15) is 14.4 Å². The zero-order valence-electron chi connectivity index (χ0n) is 17.0. The Balaban J connectivity index is 2.54. The molecule has 1 aromatic heterocycles. The largest absolute Gasteiger partial charge is 0.493 e. The summed E-state index contributed by atoms with van der Waals surface area (Å²) in [6.45, 7) is 2.25. The number of ether oxygens (including phenoxy) is 4. The summed E-state index contributed by atoms with van der Waals surface area (Å²) in [5.41, 5.74) is 0.430. The molecule has 0 fully saturated rings. The minimum absolute atomic E-state index is 0.00587. The van der Waals surface area contributed by atoms with Gasteiger partial charge in [-0.15, -0.1) is 0 Å². The Morgan fingerprint density at radius 3 is 2.30 bits per heavy atom. The first-order chi connectivity index (χ1) is 14.4. The van der Waals surface area contributed by atoms with Crippen LogP contribution >= 0.6 is 0 Å². The van der Waals surface area contributed by atoms with Gasteiger partial charge in [0.25, 0.3) is 0 Å². The molecule has 8 heteroatoms. The van der Waals surface area contributed by atoms with E-state index in [-0.39, 0.29) is 16.7 Å². The van der Waals surface area contributed by atoms with E-state index >= 15 is 0 Å². The first-order valence-corrected chi connectivity index (χ1v) is 9.12. The molecule has 0 radical (unpaired) electrons. The molecule has 2 aromatic carbocycles. The van der Waals surface area contributed by atoms with Gasteiger partial charge in [-0.25, -0.2) is 9.59 Å². The van der Waals surface area contributed by atoms with Crippen LogP contribution < -0.4 is 15.0 Å². The zero-order valence-corrected chi connectivity index (χ0v) is 17.0. The van der Waals surface area contributed by atoms with Gasteiger partial charge in [-0.05, 0) is 47.5 Å². The topological polar surface area (TPSA) is 104 Å². The minimum atomic E-state index is -0.736. The lowest BCUT2D eigenvalue weighted by Crippen LogP contribution is -2.14. The Labute approximate surface area is 172 Å². The minimum Gasteiger partial charge on any atom is -0.493 e. The van der Waals surface area contributed by atoms with Crippen LogP contribution in [0.15, 0.2) is 41.3 Å². The summed E-state index contributed by atoms with van der Waals surface area (Å²) in [5, 5.41) is 1.18. The van der Waals surface area contributed by atoms with Crippen LogP contribution in [0.3, 0.4) is 0 Å². The quantitative estimate of drug-likeness (QED) is 0.621. The van der Waals surface area contributed by atoms with Crippen molar-refractivity contribution in [3.8, 4) is 22.6 Å². The molecular formula is C22H21NO7. The van der Waals surface area contributed by atoms with E-state index in [0.29, 0.717) is 40.0 Å². The van der Waals surface area contributed by atoms with Gasteiger partial charge in [-0.1, -0.05) is 0 Å². The standard InChI is InChI=1S/C22H21NO7/c1-5-30-17-9-13-8-15(21(25)28-3)20(22(26)29-4)19(14(13)11-16(17)27-2)12-6-7-23-18(24)10-12/h6-11H,5H2,1-4H3,(H,23,24). The maximum atomic E-state index is 12.7. The van der Waals surface area contributed by atoms with Crippen molar-refractivity contribution in [3.63, 3.8) is 0 Å². The molecule has 30 heavy (non-hydrogen) atoms. The first kappa shape index (κ1) is 20.9. The summed E-state index contributed by atoms with van der Waals surface area (Å²) >= 11 is 0. The molecule has 0 amide bonds. The Morgan fingerprint density at radius 1 is 0.967 bits per heavy atom. The number of fused-ring (bicyclic) bond motifs is 1. The van der Waals surface area contributed by atoms with Gasteiger partial charge >= 0.3 is 11.9 Å². The maximum absolute atomic E-state index is 12.7. The summed E-state index contributed by atoms with van der Waals surface area (Å²) in [7, 11) is 3.94. The molecule has 156 valence electrons. The molecule has 0 aliphatic carbocycles. The lowest BCUT2D eigenvalue weighted by atomic mass is 9.89. The lowest BCUT2D eigenvalue weighted by molar-refractivity contribution is 0.0556. The van der Waals surface area contributed by atoms with Gasteiger partial charge in [0.05, 0.1) is 39.1 Å². The Kier molecular flexibility index (Phi) is 6.06. The van der Waals surface area contributed by atoms with E-state index in [1.165, 1.54) is 39.7 Å². The number of hydrogen-bond acceptors (Lipinski definition) is 7. The molecule has 3 aromatic rings. The fourth-order valence-corrected chi connectivity index (χ4v) is 3.32. The van der Waals surface area contributed by atoms with Gasteiger partial charge < -0.3 is 23.9 Å². The molecule has 0 atom stereocenters. The van der Waals surface area contributed by atoms with Crippen molar-refractivity contribution in [3.05, 3.63) is 58.0 Å². The Morgan fingerprint density at radius 2 is 1.70 bits per heavy atom. The fraction of sp³-hybridized carbons (Fsp3) is 0.227. The van der Waals surface area contributed by atoms with Crippen LogP contribution in [0.1, 0.15) is 27.6 Å². The number of carbonyl (C=O) groups is 2. The van der Waals surface area contributed by atoms with E-state index in [2.05, 4.69) is 4.98 Å². The molecule has 0 unspecified atom stereocenters. The molecule has 0 aliphatic rings. The highest BCUT2D eigenvalue weighted by Gasteiger charge is 2.27. The number of aromatic nitrogens is 1. The second kappa shape index (κ2) is 8.69. The molecule has 3 rings (SSSR count). The average Bonchev–Trinajstić information content (AvgIpc) is 2.76. The number of hydrogen-bond donors (Lipinski definition) is 1. The van der Waals surface area contributed by atoms with Gasteiger partial charge in [0, 0.05) is 17.8 Å². The monoisotopic (exact) mass is 411 g/mol. The highest BCUT2D eigenvalue weighted by atomic mass is 16.5. The number of carbonyl (C=O) groups excluding carboxylic acids is 2. The van der Waals surface area contributed by atoms with Crippen molar-refractivity contribution in [2.45, 2.75) is 6.92 Å². The van der Waals surface area contributed by atoms with E-state index in [0.717, 1.165) is 0 Å². The smallest absolute Gasteiger partial charge is 0.339 e. The van der Waals surface area contributed by atoms with Gasteiger partial charge in [0.1, 0.15) is 0 Å². The van der Waals surface area contributed by atoms with Crippen molar-refractivity contribution < 1.29 is 28.5 Å². The SMILES string of the molecule is CCOc1cc2cc(C(=O)OC)c(C(=O)OC)c(-c3cc[nH]c(=O)c3)c2cc1OC. The second-order valence-corrected chi connectivity index (χ2v) is 6.26. The summed E-state index contributed by atoms with van der Waals surface area (Å²) in [5.74, 6) is -0.527. The fourth-order valence-electron chi connectivity index (χ4n) is 3.32. The number of pyridine rings is 1. The number of rotatable bonds is 6. The third-order valence-electron chi connectivity index (χ3n) is 4.58. The maximum Gasteiger partial charge on any atom is 0.339 e. The third-order valence-corrected chi connectivity index (χ3v) is 4.58. The normalized spacial score (nSPS) is 10.5. The first-order valence-electron chi connectivity index (χ1n) is 9.12. The number of methoxy groups -OCH3 is 3. The number of benzene rings is 2. The van der Waals surface area contributed by atoms with Crippen molar-refractivity contribution in [2.24, 2.45) is 0 Å². The molecular weight excluding hydrogens is 390 g/mol. The molecule has 1 N–H and O–H groups in total. The van der Waals surface area contributed by atoms with Crippen molar-refractivity contribution in [1.29, 1.82) is 0 Å². The van der Waals surface area contributed by atoms with Crippen molar-refractivity contribution in [2.75, 3.05) is 27.9 Å². The van der Waals surface area contributed by atoms with E-state index in [1.54, 1.807) is 18.2 Å². The third kappa shape index (κ3) is 3.71. The molecule has 8 nitrogen and oxygen atoms in total. The highest BCUT2D eigenvalue weighted by Crippen LogP contribution is 2.40. The summed E-state index contributed by atoms with van der Waals surface area (Å²) in [6, 6.07) is 7.91. The molecule has 0 aliphatic heterocycles. The molecule has 0 saturated carbocycles. The zero-order chi connectivity index (χ0) is 21.8. The van der Waals surface area contributed by atoms with Crippen LogP contribution in [0.5, 0.6) is 11.5 Å². The number of esters is 2. The predicted octanol–water partition coefficient (Wildman–Crippen LogP) is 3.18. The number of nitrogens with one attached hydrogen (secondary N) is 1. The summed E-state index contributed by atoms with van der Waals surface area (Å²) in [6.07, 6.45) is 1.46. The van der Waals surface area contributed by atoms with Gasteiger partial charge in [-0.2, -0.15) is 0 Å². The van der Waals surface area contributed by atoms with Crippen molar-refractivity contribution >= 4 is 22.7 Å². The summed E-state index contributed by atoms with van der Waals surface area (Å²) in [4.78, 5) is 39.8. The predicted molar refractivity (Wildman–Crippen MR) is 110 cm³/mol. The second-order valence-electron chi connectivity index (χ2n) is 6.26. The number of aromatic amines is 1. The summed E-state index contributed by atoms with van der Waals surface area (Å²) < 4.78 is 20.9. The van der Waals surface area contributed by atoms with E-state index < -0.39 is 11.9 Å². The molecule has 0 spiro atoms. The van der Waals surface area contributed by atoms with Crippen molar-refractivity contribution in [1.82, 2.24) is 4.98 Å². The number of H-pyrrole nitrogens is 1. The van der Waals surface area contributed by atoms with E-state index in [4.69, 9.17) is 18.9 Å². The highest BCUT2D eigenvalue weighted by molar-refractivity contribution is 6.15. The van der Waals surface area contributed by atoms with Crippen LogP contribution in [0.25, 0.3) is 21.9 Å². The van der Waals surface area contributed by atoms with Crippen LogP contribution in [-0.4, -0.2) is 44.9 Å². The van der Waals surface area contributed by atoms with Crippen LogP contribution in [0, 0.1) is 0 Å². The van der Waals surface area contributed by atoms with Crippen LogP contribution in [0.2, 0.25) is 0 Å². The van der Waals surface area contributed by atoms with Crippen LogP contribution in [0.4, 0.5) is 0 Å². The molecule has 0 saturated heterocycles. The Hall–Kier alpha value is -3.81. The van der Waals surface area contributed by atoms with Gasteiger partial charge in [0.2, 0.25) is 5.56 Å². The average molecular weight is 411 g/mol. The Bertz CT molecular complexity index is 1180. The molecule has 1 heterocycles. The molecule has 0 bridgehead atoms. The van der Waals surface area contributed by atoms with E-state index in [1.807, 2.05) is 6.92 Å².